The minimum Gasteiger partial charge on any atom is -0.385 e. The van der Waals surface area contributed by atoms with Gasteiger partial charge >= 0.3 is 0 Å². The zero-order valence-electron chi connectivity index (χ0n) is 16.6. The highest BCUT2D eigenvalue weighted by Crippen LogP contribution is 2.41. The first kappa shape index (κ1) is 20.4. The Morgan fingerprint density at radius 2 is 2.11 bits per heavy atom. The van der Waals surface area contributed by atoms with E-state index in [1.54, 1.807) is 7.11 Å². The van der Waals surface area contributed by atoms with E-state index in [-0.39, 0.29) is 0 Å². The van der Waals surface area contributed by atoms with Gasteiger partial charge < -0.3 is 20.3 Å². The lowest BCUT2D eigenvalue weighted by Crippen LogP contribution is -2.49. The van der Waals surface area contributed by atoms with Crippen LogP contribution in [0.15, 0.2) is 29.3 Å². The molecule has 1 aromatic carbocycles. The summed E-state index contributed by atoms with van der Waals surface area (Å²) in [4.78, 5) is 7.20. The van der Waals surface area contributed by atoms with Crippen molar-refractivity contribution in [3.63, 3.8) is 0 Å². The number of ether oxygens (including phenoxy) is 1. The van der Waals surface area contributed by atoms with Gasteiger partial charge in [0.1, 0.15) is 0 Å². The molecule has 2 N–H and O–H groups in total. The zero-order chi connectivity index (χ0) is 19.1. The Morgan fingerprint density at radius 3 is 2.81 bits per heavy atom. The van der Waals surface area contributed by atoms with Crippen LogP contribution in [0.2, 0.25) is 5.02 Å². The molecular weight excluding hydrogens is 360 g/mol. The summed E-state index contributed by atoms with van der Waals surface area (Å²) in [6, 6.07) is 9.18. The third-order valence-electron chi connectivity index (χ3n) is 5.46. The molecule has 1 aliphatic heterocycles. The van der Waals surface area contributed by atoms with Crippen molar-refractivity contribution in [2.75, 3.05) is 39.9 Å². The molecule has 6 heteroatoms. The average Bonchev–Trinajstić information content (AvgIpc) is 3.43. The molecule has 2 unspecified atom stereocenters. The van der Waals surface area contributed by atoms with Gasteiger partial charge in [-0.05, 0) is 50.3 Å². The summed E-state index contributed by atoms with van der Waals surface area (Å²) in [5.41, 5.74) is 1.32. The smallest absolute Gasteiger partial charge is 0.191 e. The van der Waals surface area contributed by atoms with Crippen LogP contribution in [0.4, 0.5) is 0 Å². The molecule has 0 radical (unpaired) electrons. The highest BCUT2D eigenvalue weighted by Gasteiger charge is 2.39. The molecule has 0 amide bonds. The van der Waals surface area contributed by atoms with E-state index in [2.05, 4.69) is 39.6 Å². The van der Waals surface area contributed by atoms with Gasteiger partial charge in [-0.1, -0.05) is 23.7 Å². The highest BCUT2D eigenvalue weighted by atomic mass is 35.5. The minimum absolute atomic E-state index is 0.454. The fraction of sp³-hybridized carbons (Fsp3) is 0.667. The van der Waals surface area contributed by atoms with Crippen LogP contribution in [0.5, 0.6) is 0 Å². The molecule has 0 aromatic heterocycles. The number of piperidine rings is 1. The Morgan fingerprint density at radius 1 is 1.30 bits per heavy atom. The van der Waals surface area contributed by atoms with Crippen molar-refractivity contribution < 1.29 is 4.74 Å². The number of nitrogens with one attached hydrogen (secondary N) is 2. The van der Waals surface area contributed by atoms with Crippen LogP contribution < -0.4 is 10.6 Å². The Labute approximate surface area is 168 Å². The van der Waals surface area contributed by atoms with E-state index < -0.39 is 0 Å². The molecule has 2 aliphatic rings. The van der Waals surface area contributed by atoms with Crippen molar-refractivity contribution in [1.29, 1.82) is 0 Å². The van der Waals surface area contributed by atoms with Crippen molar-refractivity contribution in [3.8, 4) is 0 Å². The summed E-state index contributed by atoms with van der Waals surface area (Å²) in [5.74, 6) is 1.50. The van der Waals surface area contributed by atoms with Crippen molar-refractivity contribution in [2.45, 2.75) is 50.6 Å². The number of guanidine groups is 1. The molecule has 5 nitrogen and oxygen atoms in total. The predicted octanol–water partition coefficient (Wildman–Crippen LogP) is 3.25. The summed E-state index contributed by atoms with van der Waals surface area (Å²) in [6.07, 6.45) is 4.59. The first-order chi connectivity index (χ1) is 13.2. The van der Waals surface area contributed by atoms with E-state index in [1.165, 1.54) is 18.4 Å². The van der Waals surface area contributed by atoms with Gasteiger partial charge in [0.15, 0.2) is 5.96 Å². The number of halogens is 1. The first-order valence-corrected chi connectivity index (χ1v) is 10.6. The van der Waals surface area contributed by atoms with Crippen LogP contribution in [-0.2, 0) is 4.74 Å². The molecule has 150 valence electrons. The maximum atomic E-state index is 6.13. The second-order valence-electron chi connectivity index (χ2n) is 7.58. The summed E-state index contributed by atoms with van der Waals surface area (Å²) in [7, 11) is 1.77. The highest BCUT2D eigenvalue weighted by molar-refractivity contribution is 6.30. The second-order valence-corrected chi connectivity index (χ2v) is 8.01. The van der Waals surface area contributed by atoms with Gasteiger partial charge in [0.25, 0.3) is 0 Å². The lowest BCUT2D eigenvalue weighted by Gasteiger charge is -2.33. The van der Waals surface area contributed by atoms with E-state index in [0.29, 0.717) is 18.0 Å². The molecule has 1 heterocycles. The SMILES string of the molecule is CCN=C(NC1CCN(CCCOC)CC1)NC1CC1c1cccc(Cl)c1. The van der Waals surface area contributed by atoms with Crippen molar-refractivity contribution in [2.24, 2.45) is 4.99 Å². The number of aliphatic imine (C=N–C) groups is 1. The number of rotatable bonds is 8. The van der Waals surface area contributed by atoms with E-state index in [0.717, 1.165) is 56.6 Å². The van der Waals surface area contributed by atoms with Gasteiger partial charge in [0.2, 0.25) is 0 Å². The molecule has 0 spiro atoms. The molecule has 2 fully saturated rings. The van der Waals surface area contributed by atoms with Gasteiger partial charge in [-0.2, -0.15) is 0 Å². The van der Waals surface area contributed by atoms with Gasteiger partial charge in [-0.15, -0.1) is 0 Å². The topological polar surface area (TPSA) is 48.9 Å². The standard InChI is InChI=1S/C21H33ClN4O/c1-3-23-21(24-18-8-11-26(12-9-18)10-5-13-27-2)25-20-15-19(20)16-6-4-7-17(22)14-16/h4,6-7,14,18-20H,3,5,8-13,15H2,1-2H3,(H2,23,24,25). The number of methoxy groups -OCH3 is 1. The maximum Gasteiger partial charge on any atom is 0.191 e. The Kier molecular flexibility index (Phi) is 7.80. The lowest BCUT2D eigenvalue weighted by molar-refractivity contribution is 0.155. The number of nitrogens with zero attached hydrogens (tertiary/aromatic N) is 2. The minimum atomic E-state index is 0.454. The molecular formula is C21H33ClN4O. The summed E-state index contributed by atoms with van der Waals surface area (Å²) < 4.78 is 5.15. The summed E-state index contributed by atoms with van der Waals surface area (Å²) in [6.45, 7) is 7.16. The van der Waals surface area contributed by atoms with Crippen LogP contribution in [0, 0.1) is 0 Å². The molecule has 1 aliphatic carbocycles. The number of benzene rings is 1. The fourth-order valence-electron chi connectivity index (χ4n) is 3.85. The van der Waals surface area contributed by atoms with Crippen LogP contribution >= 0.6 is 11.6 Å². The quantitative estimate of drug-likeness (QED) is 0.405. The summed E-state index contributed by atoms with van der Waals surface area (Å²) in [5, 5.41) is 8.10. The largest absolute Gasteiger partial charge is 0.385 e. The van der Waals surface area contributed by atoms with Crippen LogP contribution in [0.25, 0.3) is 0 Å². The number of hydrogen-bond acceptors (Lipinski definition) is 3. The molecule has 1 aromatic rings. The monoisotopic (exact) mass is 392 g/mol. The van der Waals surface area contributed by atoms with E-state index in [9.17, 15) is 0 Å². The van der Waals surface area contributed by atoms with Gasteiger partial charge in [0, 0.05) is 62.9 Å². The van der Waals surface area contributed by atoms with Crippen LogP contribution in [0.1, 0.15) is 44.1 Å². The third kappa shape index (κ3) is 6.37. The Balaban J connectivity index is 1.43. The predicted molar refractivity (Wildman–Crippen MR) is 113 cm³/mol. The van der Waals surface area contributed by atoms with Crippen LogP contribution in [0.3, 0.4) is 0 Å². The summed E-state index contributed by atoms with van der Waals surface area (Å²) >= 11 is 6.13. The van der Waals surface area contributed by atoms with Crippen molar-refractivity contribution in [1.82, 2.24) is 15.5 Å². The number of likely N-dealkylation sites (tertiary alicyclic amines) is 1. The van der Waals surface area contributed by atoms with Gasteiger partial charge in [-0.25, -0.2) is 0 Å². The van der Waals surface area contributed by atoms with E-state index in [4.69, 9.17) is 16.3 Å². The normalized spacial score (nSPS) is 24.0. The molecule has 1 saturated carbocycles. The molecule has 0 bridgehead atoms. The molecule has 27 heavy (non-hydrogen) atoms. The Hall–Kier alpha value is -1.30. The fourth-order valence-corrected chi connectivity index (χ4v) is 4.05. The van der Waals surface area contributed by atoms with Crippen LogP contribution in [-0.4, -0.2) is 62.8 Å². The third-order valence-corrected chi connectivity index (χ3v) is 5.69. The first-order valence-electron chi connectivity index (χ1n) is 10.2. The van der Waals surface area contributed by atoms with Crippen molar-refractivity contribution in [3.05, 3.63) is 34.9 Å². The second kappa shape index (κ2) is 10.3. The Bertz CT molecular complexity index is 616. The van der Waals surface area contributed by atoms with E-state index >= 15 is 0 Å². The molecule has 3 rings (SSSR count). The maximum absolute atomic E-state index is 6.13. The zero-order valence-corrected chi connectivity index (χ0v) is 17.3. The van der Waals surface area contributed by atoms with Crippen molar-refractivity contribution >= 4 is 17.6 Å². The van der Waals surface area contributed by atoms with E-state index in [1.807, 2.05) is 12.1 Å². The van der Waals surface area contributed by atoms with Gasteiger partial charge in [-0.3, -0.25) is 4.99 Å². The number of hydrogen-bond donors (Lipinski definition) is 2. The van der Waals surface area contributed by atoms with Gasteiger partial charge in [0.05, 0.1) is 0 Å². The average molecular weight is 393 g/mol. The molecule has 1 saturated heterocycles. The lowest BCUT2D eigenvalue weighted by atomic mass is 10.1. The molecule has 2 atom stereocenters.